The van der Waals surface area contributed by atoms with E-state index in [0.29, 0.717) is 11.5 Å². The predicted octanol–water partition coefficient (Wildman–Crippen LogP) is 0.147. The highest BCUT2D eigenvalue weighted by molar-refractivity contribution is 5.43. The average molecular weight is 399 g/mol. The van der Waals surface area contributed by atoms with E-state index in [2.05, 4.69) is 36.9 Å². The Balaban J connectivity index is 1.41. The van der Waals surface area contributed by atoms with Crippen molar-refractivity contribution in [1.82, 2.24) is 0 Å². The number of hydrogen-bond donors (Lipinski definition) is 3. The zero-order chi connectivity index (χ0) is 20.5. The van der Waals surface area contributed by atoms with Crippen LogP contribution in [0.2, 0.25) is 0 Å². The average Bonchev–Trinajstić information content (AvgIpc) is 2.75. The molecule has 5 heteroatoms. The van der Waals surface area contributed by atoms with Crippen LogP contribution in [0.3, 0.4) is 0 Å². The van der Waals surface area contributed by atoms with Crippen LogP contribution < -0.4 is 19.3 Å². The standard InChI is InChI=1S/C24H32N2O3/c1-3-7-20-10-11-23(24(16-20)28-2)29-19-22(27)18-26-14-12-25(13-15-26)17-21-8-5-4-6-9-21/h3-6,8-11,16,22,27H,1,7,12-15,17-19H2,2H3/p+2/t22-/m0/s1. The van der Waals surface area contributed by atoms with E-state index in [0.717, 1.165) is 51.3 Å². The van der Waals surface area contributed by atoms with Gasteiger partial charge in [0.05, 0.1) is 7.11 Å². The second kappa shape index (κ2) is 11.0. The molecule has 2 aromatic carbocycles. The van der Waals surface area contributed by atoms with Gasteiger partial charge in [0, 0.05) is 5.56 Å². The zero-order valence-electron chi connectivity index (χ0n) is 17.4. The summed E-state index contributed by atoms with van der Waals surface area (Å²) >= 11 is 0. The molecule has 29 heavy (non-hydrogen) atoms. The molecule has 1 fully saturated rings. The molecule has 0 radical (unpaired) electrons. The summed E-state index contributed by atoms with van der Waals surface area (Å²) in [5.74, 6) is 1.37. The first-order valence-corrected chi connectivity index (χ1v) is 10.5. The number of aliphatic hydroxyl groups is 1. The van der Waals surface area contributed by atoms with Gasteiger partial charge < -0.3 is 24.4 Å². The van der Waals surface area contributed by atoms with Crippen LogP contribution in [-0.4, -0.2) is 57.7 Å². The Labute approximate surface area is 174 Å². The lowest BCUT2D eigenvalue weighted by molar-refractivity contribution is -1.02. The summed E-state index contributed by atoms with van der Waals surface area (Å²) in [6.45, 7) is 10.3. The molecule has 0 aromatic heterocycles. The highest BCUT2D eigenvalue weighted by atomic mass is 16.5. The summed E-state index contributed by atoms with van der Waals surface area (Å²) in [6, 6.07) is 16.5. The highest BCUT2D eigenvalue weighted by Gasteiger charge is 2.25. The molecule has 5 nitrogen and oxygen atoms in total. The van der Waals surface area contributed by atoms with E-state index in [1.807, 2.05) is 24.3 Å². The summed E-state index contributed by atoms with van der Waals surface area (Å²) in [5, 5.41) is 10.5. The van der Waals surface area contributed by atoms with Gasteiger partial charge in [0.15, 0.2) is 11.5 Å². The van der Waals surface area contributed by atoms with E-state index in [4.69, 9.17) is 9.47 Å². The first-order chi connectivity index (χ1) is 14.2. The minimum absolute atomic E-state index is 0.279. The molecule has 3 rings (SSSR count). The van der Waals surface area contributed by atoms with Gasteiger partial charge in [0.1, 0.15) is 52.0 Å². The van der Waals surface area contributed by atoms with Gasteiger partial charge in [-0.3, -0.25) is 0 Å². The third-order valence-corrected chi connectivity index (χ3v) is 5.52. The fourth-order valence-corrected chi connectivity index (χ4v) is 3.93. The van der Waals surface area contributed by atoms with E-state index in [1.165, 1.54) is 10.5 Å². The number of methoxy groups -OCH3 is 1. The van der Waals surface area contributed by atoms with Crippen LogP contribution in [-0.2, 0) is 13.0 Å². The van der Waals surface area contributed by atoms with Crippen molar-refractivity contribution in [1.29, 1.82) is 0 Å². The van der Waals surface area contributed by atoms with Gasteiger partial charge in [-0.25, -0.2) is 0 Å². The Kier molecular flexibility index (Phi) is 8.11. The lowest BCUT2D eigenvalue weighted by Gasteiger charge is -2.30. The normalized spacial score (nSPS) is 20.1. The second-order valence-corrected chi connectivity index (χ2v) is 7.81. The van der Waals surface area contributed by atoms with Crippen LogP contribution in [0.1, 0.15) is 11.1 Å². The molecule has 0 amide bonds. The Morgan fingerprint density at radius 3 is 2.41 bits per heavy atom. The largest absolute Gasteiger partial charge is 0.493 e. The van der Waals surface area contributed by atoms with Crippen LogP contribution in [0.15, 0.2) is 61.2 Å². The number of piperazine rings is 1. The van der Waals surface area contributed by atoms with Crippen LogP contribution in [0.5, 0.6) is 11.5 Å². The molecule has 2 aromatic rings. The van der Waals surface area contributed by atoms with Gasteiger partial charge in [-0.15, -0.1) is 6.58 Å². The van der Waals surface area contributed by atoms with Crippen molar-refractivity contribution >= 4 is 0 Å². The summed E-state index contributed by atoms with van der Waals surface area (Å²) in [5.41, 5.74) is 2.53. The van der Waals surface area contributed by atoms with Gasteiger partial charge in [-0.1, -0.05) is 42.5 Å². The van der Waals surface area contributed by atoms with E-state index in [1.54, 1.807) is 12.0 Å². The molecule has 0 spiro atoms. The maximum Gasteiger partial charge on any atom is 0.161 e. The molecule has 1 heterocycles. The second-order valence-electron chi connectivity index (χ2n) is 7.81. The Morgan fingerprint density at radius 1 is 1.00 bits per heavy atom. The number of aliphatic hydroxyl groups excluding tert-OH is 1. The number of quaternary nitrogens is 2. The number of hydrogen-bond acceptors (Lipinski definition) is 3. The van der Waals surface area contributed by atoms with Crippen LogP contribution in [0, 0.1) is 0 Å². The number of allylic oxidation sites excluding steroid dienone is 1. The molecule has 156 valence electrons. The summed E-state index contributed by atoms with van der Waals surface area (Å²) < 4.78 is 11.3. The van der Waals surface area contributed by atoms with Crippen LogP contribution in [0.4, 0.5) is 0 Å². The van der Waals surface area contributed by atoms with Crippen molar-refractivity contribution in [3.05, 3.63) is 72.3 Å². The van der Waals surface area contributed by atoms with Gasteiger partial charge in [-0.2, -0.15) is 0 Å². The molecule has 1 aliphatic heterocycles. The fourth-order valence-electron chi connectivity index (χ4n) is 3.93. The van der Waals surface area contributed by atoms with Crippen molar-refractivity contribution in [2.75, 3.05) is 46.4 Å². The Bertz CT molecular complexity index is 758. The maximum absolute atomic E-state index is 10.5. The molecule has 0 bridgehead atoms. The summed E-state index contributed by atoms with van der Waals surface area (Å²) in [4.78, 5) is 3.07. The SMILES string of the molecule is C=CCc1ccc(OC[C@@H](O)C[NH+]2CC[NH+](Cc3ccccc3)CC2)c(OC)c1. The number of ether oxygens (including phenoxy) is 2. The van der Waals surface area contributed by atoms with Crippen molar-refractivity contribution in [3.63, 3.8) is 0 Å². The van der Waals surface area contributed by atoms with Crippen molar-refractivity contribution in [2.24, 2.45) is 0 Å². The summed E-state index contributed by atoms with van der Waals surface area (Å²) in [7, 11) is 1.64. The number of benzene rings is 2. The first kappa shape index (κ1) is 21.4. The first-order valence-electron chi connectivity index (χ1n) is 10.5. The van der Waals surface area contributed by atoms with E-state index in [-0.39, 0.29) is 6.61 Å². The number of rotatable bonds is 10. The van der Waals surface area contributed by atoms with E-state index in [9.17, 15) is 5.11 Å². The van der Waals surface area contributed by atoms with Crippen molar-refractivity contribution in [2.45, 2.75) is 19.1 Å². The van der Waals surface area contributed by atoms with Crippen molar-refractivity contribution < 1.29 is 24.4 Å². The Hall–Kier alpha value is -2.34. The molecular formula is C24H34N2O3+2. The quantitative estimate of drug-likeness (QED) is 0.500. The minimum atomic E-state index is -0.488. The van der Waals surface area contributed by atoms with Gasteiger partial charge in [0.2, 0.25) is 0 Å². The van der Waals surface area contributed by atoms with E-state index >= 15 is 0 Å². The van der Waals surface area contributed by atoms with Crippen molar-refractivity contribution in [3.8, 4) is 11.5 Å². The zero-order valence-corrected chi connectivity index (χ0v) is 17.4. The minimum Gasteiger partial charge on any atom is -0.493 e. The van der Waals surface area contributed by atoms with Gasteiger partial charge in [0.25, 0.3) is 0 Å². The lowest BCUT2D eigenvalue weighted by atomic mass is 10.1. The molecule has 0 aliphatic carbocycles. The van der Waals surface area contributed by atoms with Gasteiger partial charge in [-0.05, 0) is 24.1 Å². The molecular weight excluding hydrogens is 364 g/mol. The predicted molar refractivity (Wildman–Crippen MR) is 115 cm³/mol. The fraction of sp³-hybridized carbons (Fsp3) is 0.417. The topological polar surface area (TPSA) is 47.6 Å². The molecule has 1 atom stereocenters. The molecule has 0 saturated carbocycles. The highest BCUT2D eigenvalue weighted by Crippen LogP contribution is 2.28. The lowest BCUT2D eigenvalue weighted by Crippen LogP contribution is -3.28. The molecule has 1 saturated heterocycles. The maximum atomic E-state index is 10.5. The van der Waals surface area contributed by atoms with E-state index < -0.39 is 6.10 Å². The third kappa shape index (κ3) is 6.60. The number of nitrogens with one attached hydrogen (secondary N) is 2. The molecule has 0 unspecified atom stereocenters. The smallest absolute Gasteiger partial charge is 0.161 e. The summed E-state index contributed by atoms with van der Waals surface area (Å²) in [6.07, 6.45) is 2.17. The molecule has 1 aliphatic rings. The van der Waals surface area contributed by atoms with Gasteiger partial charge >= 0.3 is 0 Å². The third-order valence-electron chi connectivity index (χ3n) is 5.52. The molecule has 3 N–H and O–H groups in total. The van der Waals surface area contributed by atoms with Crippen LogP contribution >= 0.6 is 0 Å². The Morgan fingerprint density at radius 2 is 1.72 bits per heavy atom. The monoisotopic (exact) mass is 398 g/mol. The van der Waals surface area contributed by atoms with Crippen LogP contribution in [0.25, 0.3) is 0 Å².